The van der Waals surface area contributed by atoms with Gasteiger partial charge in [-0.15, -0.1) is 0 Å². The number of nitrogens with zero attached hydrogens (tertiary/aromatic N) is 6. The number of rotatable bonds is 5. The molecule has 0 amide bonds. The monoisotopic (exact) mass is 424 g/mol. The van der Waals surface area contributed by atoms with Gasteiger partial charge in [-0.3, -0.25) is 9.58 Å². The van der Waals surface area contributed by atoms with Crippen molar-refractivity contribution in [2.75, 3.05) is 31.1 Å². The zero-order valence-electron chi connectivity index (χ0n) is 18.3. The van der Waals surface area contributed by atoms with Gasteiger partial charge in [-0.1, -0.05) is 42.5 Å². The first-order valence-electron chi connectivity index (χ1n) is 11.5. The lowest BCUT2D eigenvalue weighted by atomic mass is 9.86. The van der Waals surface area contributed by atoms with E-state index in [9.17, 15) is 0 Å². The number of aromatic nitrogens is 4. The summed E-state index contributed by atoms with van der Waals surface area (Å²) in [5.74, 6) is 1.09. The van der Waals surface area contributed by atoms with Crippen LogP contribution in [0.2, 0.25) is 0 Å². The first kappa shape index (κ1) is 19.4. The molecule has 0 bridgehead atoms. The molecular formula is C26H28N6. The molecule has 0 N–H and O–H groups in total. The summed E-state index contributed by atoms with van der Waals surface area (Å²) in [6.45, 7) is 6.26. The maximum Gasteiger partial charge on any atom is 0.139 e. The van der Waals surface area contributed by atoms with E-state index >= 15 is 0 Å². The van der Waals surface area contributed by atoms with Crippen molar-refractivity contribution in [3.05, 3.63) is 84.4 Å². The fourth-order valence-electron chi connectivity index (χ4n) is 5.46. The summed E-state index contributed by atoms with van der Waals surface area (Å²) in [5.41, 5.74) is 3.98. The summed E-state index contributed by atoms with van der Waals surface area (Å²) >= 11 is 0. The molecule has 162 valence electrons. The van der Waals surface area contributed by atoms with E-state index in [2.05, 4.69) is 79.6 Å². The maximum absolute atomic E-state index is 4.66. The highest BCUT2D eigenvalue weighted by Gasteiger charge is 2.44. The van der Waals surface area contributed by atoms with E-state index < -0.39 is 0 Å². The summed E-state index contributed by atoms with van der Waals surface area (Å²) < 4.78 is 2.05. The Labute approximate surface area is 188 Å². The molecule has 0 saturated carbocycles. The van der Waals surface area contributed by atoms with Gasteiger partial charge in [0.25, 0.3) is 0 Å². The summed E-state index contributed by atoms with van der Waals surface area (Å²) in [5, 5.41) is 5.75. The third-order valence-electron chi connectivity index (χ3n) is 7.06. The first-order valence-corrected chi connectivity index (χ1v) is 11.5. The van der Waals surface area contributed by atoms with Crippen molar-refractivity contribution >= 4 is 16.7 Å². The van der Waals surface area contributed by atoms with Crippen LogP contribution in [0, 0.1) is 5.41 Å². The predicted octanol–water partition coefficient (Wildman–Crippen LogP) is 3.98. The Hall–Kier alpha value is -3.25. The topological polar surface area (TPSA) is 50.1 Å². The predicted molar refractivity (Wildman–Crippen MR) is 126 cm³/mol. The van der Waals surface area contributed by atoms with Crippen LogP contribution in [0.25, 0.3) is 10.9 Å². The Kier molecular flexibility index (Phi) is 4.87. The fourth-order valence-corrected chi connectivity index (χ4v) is 5.46. The highest BCUT2D eigenvalue weighted by Crippen LogP contribution is 2.42. The third kappa shape index (κ3) is 3.75. The minimum atomic E-state index is 0.367. The van der Waals surface area contributed by atoms with Gasteiger partial charge in [0.05, 0.1) is 18.3 Å². The Balaban J connectivity index is 1.11. The lowest BCUT2D eigenvalue weighted by Crippen LogP contribution is -2.31. The Bertz CT molecular complexity index is 1210. The van der Waals surface area contributed by atoms with Crippen LogP contribution in [-0.2, 0) is 13.1 Å². The highest BCUT2D eigenvalue weighted by atomic mass is 15.3. The van der Waals surface area contributed by atoms with Crippen molar-refractivity contribution < 1.29 is 0 Å². The number of hydrogen-bond donors (Lipinski definition) is 0. The number of para-hydroxylation sites is 1. The SMILES string of the molecule is c1ccc(Cn2cc(CN3CCC4(CCN(c5ncnc6ccccc56)C4)C3)cn2)cc1. The minimum Gasteiger partial charge on any atom is -0.355 e. The molecule has 6 nitrogen and oxygen atoms in total. The quantitative estimate of drug-likeness (QED) is 0.485. The lowest BCUT2D eigenvalue weighted by molar-refractivity contribution is 0.270. The van der Waals surface area contributed by atoms with Crippen molar-refractivity contribution in [2.24, 2.45) is 5.41 Å². The summed E-state index contributed by atoms with van der Waals surface area (Å²) in [7, 11) is 0. The van der Waals surface area contributed by atoms with Crippen molar-refractivity contribution in [1.29, 1.82) is 0 Å². The van der Waals surface area contributed by atoms with Crippen LogP contribution in [-0.4, -0.2) is 50.8 Å². The molecule has 2 saturated heterocycles. The maximum atomic E-state index is 4.66. The molecule has 1 unspecified atom stereocenters. The number of fused-ring (bicyclic) bond motifs is 1. The van der Waals surface area contributed by atoms with E-state index in [1.54, 1.807) is 6.33 Å². The largest absolute Gasteiger partial charge is 0.355 e. The molecule has 1 spiro atoms. The zero-order valence-corrected chi connectivity index (χ0v) is 18.3. The average Bonchev–Trinajstić information content (AvgIpc) is 3.56. The molecule has 2 aliphatic rings. The second-order valence-electron chi connectivity index (χ2n) is 9.38. The molecule has 2 aliphatic heterocycles. The second-order valence-corrected chi connectivity index (χ2v) is 9.38. The highest BCUT2D eigenvalue weighted by molar-refractivity contribution is 5.89. The Morgan fingerprint density at radius 2 is 1.66 bits per heavy atom. The Morgan fingerprint density at radius 1 is 0.812 bits per heavy atom. The number of benzene rings is 2. The molecule has 1 atom stereocenters. The molecular weight excluding hydrogens is 396 g/mol. The van der Waals surface area contributed by atoms with E-state index in [0.717, 1.165) is 56.0 Å². The van der Waals surface area contributed by atoms with E-state index in [1.165, 1.54) is 24.0 Å². The van der Waals surface area contributed by atoms with Crippen LogP contribution in [0.4, 0.5) is 5.82 Å². The van der Waals surface area contributed by atoms with Crippen LogP contribution in [0.1, 0.15) is 24.0 Å². The van der Waals surface area contributed by atoms with E-state index in [4.69, 9.17) is 0 Å². The van der Waals surface area contributed by atoms with Gasteiger partial charge in [0.1, 0.15) is 12.1 Å². The van der Waals surface area contributed by atoms with Gasteiger partial charge >= 0.3 is 0 Å². The van der Waals surface area contributed by atoms with E-state index in [0.29, 0.717) is 5.41 Å². The van der Waals surface area contributed by atoms with Gasteiger partial charge in [0.2, 0.25) is 0 Å². The molecule has 2 aromatic carbocycles. The van der Waals surface area contributed by atoms with Crippen LogP contribution < -0.4 is 4.90 Å². The molecule has 2 fully saturated rings. The molecule has 6 rings (SSSR count). The Morgan fingerprint density at radius 3 is 2.59 bits per heavy atom. The third-order valence-corrected chi connectivity index (χ3v) is 7.06. The average molecular weight is 425 g/mol. The molecule has 0 radical (unpaired) electrons. The van der Waals surface area contributed by atoms with Gasteiger partial charge in [0, 0.05) is 48.7 Å². The summed E-state index contributed by atoms with van der Waals surface area (Å²) in [4.78, 5) is 14.2. The molecule has 2 aromatic heterocycles. The fraction of sp³-hybridized carbons (Fsp3) is 0.346. The minimum absolute atomic E-state index is 0.367. The number of anilines is 1. The van der Waals surface area contributed by atoms with E-state index in [-0.39, 0.29) is 0 Å². The van der Waals surface area contributed by atoms with Crippen molar-refractivity contribution in [1.82, 2.24) is 24.6 Å². The van der Waals surface area contributed by atoms with Crippen LogP contribution in [0.15, 0.2) is 73.3 Å². The van der Waals surface area contributed by atoms with Crippen LogP contribution in [0.3, 0.4) is 0 Å². The normalized spacial score (nSPS) is 21.2. The lowest BCUT2D eigenvalue weighted by Gasteiger charge is -2.25. The van der Waals surface area contributed by atoms with Gasteiger partial charge < -0.3 is 4.90 Å². The first-order chi connectivity index (χ1) is 15.8. The van der Waals surface area contributed by atoms with Crippen molar-refractivity contribution in [3.63, 3.8) is 0 Å². The molecule has 32 heavy (non-hydrogen) atoms. The van der Waals surface area contributed by atoms with Crippen LogP contribution >= 0.6 is 0 Å². The smallest absolute Gasteiger partial charge is 0.139 e. The summed E-state index contributed by atoms with van der Waals surface area (Å²) in [6.07, 6.45) is 8.42. The number of likely N-dealkylation sites (tertiary alicyclic amines) is 1. The summed E-state index contributed by atoms with van der Waals surface area (Å²) in [6, 6.07) is 18.9. The van der Waals surface area contributed by atoms with Gasteiger partial charge in [0.15, 0.2) is 0 Å². The standard InChI is InChI=1S/C26H28N6/c1-2-6-21(7-3-1)16-32-17-22(14-29-32)15-30-12-10-26(18-30)11-13-31(19-26)25-23-8-4-5-9-24(23)27-20-28-25/h1-9,14,17,20H,10-13,15-16,18-19H2. The van der Waals surface area contributed by atoms with Crippen molar-refractivity contribution in [2.45, 2.75) is 25.9 Å². The molecule has 4 aromatic rings. The number of hydrogen-bond acceptors (Lipinski definition) is 5. The van der Waals surface area contributed by atoms with Gasteiger partial charge in [-0.2, -0.15) is 5.10 Å². The van der Waals surface area contributed by atoms with E-state index in [1.807, 2.05) is 16.9 Å². The zero-order chi connectivity index (χ0) is 21.4. The van der Waals surface area contributed by atoms with Gasteiger partial charge in [-0.05, 0) is 37.1 Å². The van der Waals surface area contributed by atoms with Crippen LogP contribution in [0.5, 0.6) is 0 Å². The van der Waals surface area contributed by atoms with Crippen molar-refractivity contribution in [3.8, 4) is 0 Å². The second kappa shape index (κ2) is 8.02. The molecule has 0 aliphatic carbocycles. The molecule has 4 heterocycles. The van der Waals surface area contributed by atoms with Gasteiger partial charge in [-0.25, -0.2) is 9.97 Å². The molecule has 6 heteroatoms.